The Labute approximate surface area is 126 Å². The molecular formula is C13H17BrClNO3. The molecule has 0 radical (unpaired) electrons. The predicted molar refractivity (Wildman–Crippen MR) is 79.6 cm³/mol. The average Bonchev–Trinajstić information content (AvgIpc) is 2.42. The largest absolute Gasteiger partial charge is 0.496 e. The van der Waals surface area contributed by atoms with Crippen molar-refractivity contribution in [2.45, 2.75) is 0 Å². The van der Waals surface area contributed by atoms with Gasteiger partial charge in [-0.3, -0.25) is 4.79 Å². The van der Waals surface area contributed by atoms with Gasteiger partial charge in [-0.1, -0.05) is 27.5 Å². The first-order valence-corrected chi connectivity index (χ1v) is 7.31. The van der Waals surface area contributed by atoms with Crippen LogP contribution in [0.3, 0.4) is 0 Å². The normalized spacial score (nSPS) is 10.3. The number of amides is 1. The number of carbonyl (C=O) groups is 1. The van der Waals surface area contributed by atoms with Crippen molar-refractivity contribution in [2.24, 2.45) is 0 Å². The number of hydrogen-bond donors (Lipinski definition) is 0. The van der Waals surface area contributed by atoms with E-state index in [9.17, 15) is 4.79 Å². The number of carbonyl (C=O) groups excluding carboxylic acids is 1. The molecule has 1 aromatic rings. The maximum Gasteiger partial charge on any atom is 0.257 e. The number of benzene rings is 1. The van der Waals surface area contributed by atoms with Crippen molar-refractivity contribution in [2.75, 3.05) is 39.2 Å². The minimum Gasteiger partial charge on any atom is -0.496 e. The van der Waals surface area contributed by atoms with Gasteiger partial charge in [0.15, 0.2) is 0 Å². The molecule has 0 heterocycles. The van der Waals surface area contributed by atoms with Crippen LogP contribution in [0.4, 0.5) is 0 Å². The van der Waals surface area contributed by atoms with Crippen LogP contribution in [-0.2, 0) is 4.74 Å². The van der Waals surface area contributed by atoms with Crippen LogP contribution >= 0.6 is 27.5 Å². The molecule has 1 aromatic carbocycles. The van der Waals surface area contributed by atoms with Crippen LogP contribution in [0.25, 0.3) is 0 Å². The van der Waals surface area contributed by atoms with Crippen molar-refractivity contribution in [3.05, 3.63) is 28.8 Å². The highest BCUT2D eigenvalue weighted by molar-refractivity contribution is 9.09. The van der Waals surface area contributed by atoms with E-state index in [-0.39, 0.29) is 5.91 Å². The molecule has 0 aliphatic rings. The fourth-order valence-electron chi connectivity index (χ4n) is 1.63. The first-order chi connectivity index (χ1) is 9.13. The Bertz CT molecular complexity index is 428. The molecule has 0 saturated heterocycles. The van der Waals surface area contributed by atoms with Gasteiger partial charge in [0.05, 0.1) is 19.3 Å². The van der Waals surface area contributed by atoms with Crippen LogP contribution in [0.2, 0.25) is 5.02 Å². The second-order valence-electron chi connectivity index (χ2n) is 3.82. The quantitative estimate of drug-likeness (QED) is 0.710. The molecule has 19 heavy (non-hydrogen) atoms. The maximum absolute atomic E-state index is 12.5. The van der Waals surface area contributed by atoms with Crippen molar-refractivity contribution < 1.29 is 14.3 Å². The number of ether oxygens (including phenoxy) is 2. The second kappa shape index (κ2) is 8.40. The summed E-state index contributed by atoms with van der Waals surface area (Å²) in [4.78, 5) is 14.2. The first kappa shape index (κ1) is 16.3. The van der Waals surface area contributed by atoms with Crippen molar-refractivity contribution >= 4 is 33.4 Å². The van der Waals surface area contributed by atoms with Gasteiger partial charge in [-0.15, -0.1) is 0 Å². The molecule has 0 atom stereocenters. The third kappa shape index (κ3) is 4.67. The SMILES string of the molecule is COCCN(CCBr)C(=O)c1ccc(Cl)cc1OC. The Hall–Kier alpha value is -0.780. The van der Waals surface area contributed by atoms with Crippen LogP contribution in [0.1, 0.15) is 10.4 Å². The monoisotopic (exact) mass is 349 g/mol. The second-order valence-corrected chi connectivity index (χ2v) is 5.05. The maximum atomic E-state index is 12.5. The molecule has 0 bridgehead atoms. The molecule has 1 rings (SSSR count). The Morgan fingerprint density at radius 3 is 2.68 bits per heavy atom. The van der Waals surface area contributed by atoms with E-state index in [0.717, 1.165) is 0 Å². The lowest BCUT2D eigenvalue weighted by Gasteiger charge is -2.22. The Morgan fingerprint density at radius 2 is 2.11 bits per heavy atom. The number of alkyl halides is 1. The topological polar surface area (TPSA) is 38.8 Å². The molecule has 6 heteroatoms. The molecule has 0 aliphatic carbocycles. The van der Waals surface area contributed by atoms with Gasteiger partial charge in [-0.2, -0.15) is 0 Å². The van der Waals surface area contributed by atoms with Gasteiger partial charge in [0.2, 0.25) is 0 Å². The van der Waals surface area contributed by atoms with Crippen molar-refractivity contribution in [3.63, 3.8) is 0 Å². The van der Waals surface area contributed by atoms with Gasteiger partial charge in [0.25, 0.3) is 5.91 Å². The number of hydrogen-bond acceptors (Lipinski definition) is 3. The van der Waals surface area contributed by atoms with Crippen LogP contribution < -0.4 is 4.74 Å². The van der Waals surface area contributed by atoms with E-state index in [1.807, 2.05) is 0 Å². The van der Waals surface area contributed by atoms with Crippen LogP contribution in [0.15, 0.2) is 18.2 Å². The number of halogens is 2. The number of nitrogens with zero attached hydrogens (tertiary/aromatic N) is 1. The molecule has 1 amide bonds. The van der Waals surface area contributed by atoms with Gasteiger partial charge in [-0.05, 0) is 18.2 Å². The summed E-state index contributed by atoms with van der Waals surface area (Å²) in [6.45, 7) is 1.63. The lowest BCUT2D eigenvalue weighted by atomic mass is 10.1. The molecule has 0 spiro atoms. The van der Waals surface area contributed by atoms with Gasteiger partial charge in [0, 0.05) is 30.6 Å². The molecule has 0 aliphatic heterocycles. The zero-order valence-corrected chi connectivity index (χ0v) is 13.3. The molecule has 0 N–H and O–H groups in total. The molecular weight excluding hydrogens is 334 g/mol. The van der Waals surface area contributed by atoms with E-state index >= 15 is 0 Å². The van der Waals surface area contributed by atoms with Gasteiger partial charge in [0.1, 0.15) is 5.75 Å². The zero-order chi connectivity index (χ0) is 14.3. The Kier molecular flexibility index (Phi) is 7.20. The summed E-state index contributed by atoms with van der Waals surface area (Å²) < 4.78 is 10.2. The first-order valence-electron chi connectivity index (χ1n) is 5.81. The minimum absolute atomic E-state index is 0.0926. The fraction of sp³-hybridized carbons (Fsp3) is 0.462. The molecule has 106 valence electrons. The van der Waals surface area contributed by atoms with Gasteiger partial charge in [-0.25, -0.2) is 0 Å². The highest BCUT2D eigenvalue weighted by Gasteiger charge is 2.19. The molecule has 0 fully saturated rings. The summed E-state index contributed by atoms with van der Waals surface area (Å²) >= 11 is 9.24. The molecule has 0 unspecified atom stereocenters. The predicted octanol–water partition coefficient (Wildman–Crippen LogP) is 2.83. The van der Waals surface area contributed by atoms with Crippen molar-refractivity contribution in [3.8, 4) is 5.75 Å². The van der Waals surface area contributed by atoms with Crippen LogP contribution in [0.5, 0.6) is 5.75 Å². The summed E-state index contributed by atoms with van der Waals surface area (Å²) in [6.07, 6.45) is 0. The third-order valence-corrected chi connectivity index (χ3v) is 3.19. The summed E-state index contributed by atoms with van der Waals surface area (Å²) in [7, 11) is 3.13. The summed E-state index contributed by atoms with van der Waals surface area (Å²) in [5.41, 5.74) is 0.504. The summed E-state index contributed by atoms with van der Waals surface area (Å²) in [5.74, 6) is 0.388. The zero-order valence-electron chi connectivity index (χ0n) is 11.0. The standard InChI is InChI=1S/C13H17BrClNO3/c1-18-8-7-16(6-5-14)13(17)11-4-3-10(15)9-12(11)19-2/h3-4,9H,5-8H2,1-2H3. The minimum atomic E-state index is -0.0926. The van der Waals surface area contributed by atoms with E-state index in [0.29, 0.717) is 41.4 Å². The molecule has 0 aromatic heterocycles. The van der Waals surface area contributed by atoms with E-state index in [1.165, 1.54) is 7.11 Å². The highest BCUT2D eigenvalue weighted by Crippen LogP contribution is 2.24. The van der Waals surface area contributed by atoms with Gasteiger partial charge < -0.3 is 14.4 Å². The molecule has 4 nitrogen and oxygen atoms in total. The van der Waals surface area contributed by atoms with E-state index in [1.54, 1.807) is 30.2 Å². The number of rotatable bonds is 7. The van der Waals surface area contributed by atoms with E-state index in [2.05, 4.69) is 15.9 Å². The number of methoxy groups -OCH3 is 2. The lowest BCUT2D eigenvalue weighted by Crippen LogP contribution is -2.35. The van der Waals surface area contributed by atoms with E-state index < -0.39 is 0 Å². The van der Waals surface area contributed by atoms with Crippen LogP contribution in [-0.4, -0.2) is 50.1 Å². The summed E-state index contributed by atoms with van der Waals surface area (Å²) in [5, 5.41) is 1.25. The fourth-order valence-corrected chi connectivity index (χ4v) is 2.22. The summed E-state index contributed by atoms with van der Waals surface area (Å²) in [6, 6.07) is 4.99. The van der Waals surface area contributed by atoms with Crippen molar-refractivity contribution in [1.29, 1.82) is 0 Å². The lowest BCUT2D eigenvalue weighted by molar-refractivity contribution is 0.0705. The Balaban J connectivity index is 2.94. The smallest absolute Gasteiger partial charge is 0.257 e. The average molecular weight is 351 g/mol. The van der Waals surface area contributed by atoms with E-state index in [4.69, 9.17) is 21.1 Å². The van der Waals surface area contributed by atoms with Crippen molar-refractivity contribution in [1.82, 2.24) is 4.90 Å². The highest BCUT2D eigenvalue weighted by atomic mass is 79.9. The molecule has 0 saturated carbocycles. The van der Waals surface area contributed by atoms with Crippen LogP contribution in [0, 0.1) is 0 Å². The third-order valence-electron chi connectivity index (χ3n) is 2.60. The van der Waals surface area contributed by atoms with Gasteiger partial charge >= 0.3 is 0 Å². The Morgan fingerprint density at radius 1 is 1.37 bits per heavy atom.